The molecule has 0 aliphatic carbocycles. The Hall–Kier alpha value is -2.35. The number of guanidine groups is 1. The highest BCUT2D eigenvalue weighted by molar-refractivity contribution is 5.84. The standard InChI is InChI=1S/C21H36N6O2/c1-5-29-14-6-11-22-21(24-16-20(28)26(3)4)25-18-9-12-27(13-10-18)19-8-7-17(2)15-23-19/h7-8,15,18H,5-6,9-14,16H2,1-4H3,(H2,22,24,25). The number of anilines is 1. The average molecular weight is 405 g/mol. The minimum Gasteiger partial charge on any atom is -0.382 e. The number of pyridine rings is 1. The highest BCUT2D eigenvalue weighted by Crippen LogP contribution is 2.18. The van der Waals surface area contributed by atoms with Crippen molar-refractivity contribution in [2.24, 2.45) is 4.99 Å². The summed E-state index contributed by atoms with van der Waals surface area (Å²) in [5, 5.41) is 6.83. The van der Waals surface area contributed by atoms with Crippen LogP contribution in [0.5, 0.6) is 0 Å². The number of aromatic nitrogens is 1. The molecule has 2 rings (SSSR count). The molecular weight excluding hydrogens is 368 g/mol. The molecule has 0 bridgehead atoms. The quantitative estimate of drug-likeness (QED) is 0.368. The van der Waals surface area contributed by atoms with Crippen molar-refractivity contribution in [2.45, 2.75) is 39.2 Å². The maximum atomic E-state index is 11.9. The molecule has 0 atom stereocenters. The van der Waals surface area contributed by atoms with Crippen LogP contribution in [0.3, 0.4) is 0 Å². The largest absolute Gasteiger partial charge is 0.382 e. The third kappa shape index (κ3) is 8.27. The maximum absolute atomic E-state index is 11.9. The number of nitrogens with one attached hydrogen (secondary N) is 2. The second-order valence-corrected chi connectivity index (χ2v) is 7.53. The summed E-state index contributed by atoms with van der Waals surface area (Å²) in [5.41, 5.74) is 1.17. The summed E-state index contributed by atoms with van der Waals surface area (Å²) in [5.74, 6) is 1.72. The van der Waals surface area contributed by atoms with E-state index in [1.54, 1.807) is 19.0 Å². The number of ether oxygens (including phenoxy) is 1. The van der Waals surface area contributed by atoms with E-state index in [-0.39, 0.29) is 12.5 Å². The maximum Gasteiger partial charge on any atom is 0.243 e. The van der Waals surface area contributed by atoms with Crippen LogP contribution in [0.25, 0.3) is 0 Å². The SMILES string of the molecule is CCOCCCNC(=NCC(=O)N(C)C)NC1CCN(c2ccc(C)cn2)CC1. The third-order valence-electron chi connectivity index (χ3n) is 4.89. The van der Waals surface area contributed by atoms with Gasteiger partial charge in [-0.05, 0) is 44.7 Å². The molecule has 0 saturated carbocycles. The number of likely N-dealkylation sites (N-methyl/N-ethyl adjacent to an activating group) is 1. The number of aryl methyl sites for hydroxylation is 1. The minimum atomic E-state index is -0.0133. The Morgan fingerprint density at radius 2 is 2.10 bits per heavy atom. The van der Waals surface area contributed by atoms with E-state index in [0.717, 1.165) is 57.9 Å². The number of carbonyl (C=O) groups excluding carboxylic acids is 1. The lowest BCUT2D eigenvalue weighted by molar-refractivity contribution is -0.127. The molecule has 1 saturated heterocycles. The van der Waals surface area contributed by atoms with Gasteiger partial charge in [-0.15, -0.1) is 0 Å². The summed E-state index contributed by atoms with van der Waals surface area (Å²) in [4.78, 5) is 24.8. The molecule has 0 spiro atoms. The van der Waals surface area contributed by atoms with Crippen LogP contribution in [0.1, 0.15) is 31.7 Å². The van der Waals surface area contributed by atoms with Gasteiger partial charge in [-0.3, -0.25) is 4.79 Å². The van der Waals surface area contributed by atoms with Crippen molar-refractivity contribution in [1.82, 2.24) is 20.5 Å². The zero-order chi connectivity index (χ0) is 21.1. The Balaban J connectivity index is 1.86. The molecular formula is C21H36N6O2. The van der Waals surface area contributed by atoms with Crippen LogP contribution in [-0.2, 0) is 9.53 Å². The van der Waals surface area contributed by atoms with E-state index >= 15 is 0 Å². The summed E-state index contributed by atoms with van der Waals surface area (Å²) in [6.45, 7) is 8.28. The highest BCUT2D eigenvalue weighted by atomic mass is 16.5. The van der Waals surface area contributed by atoms with Crippen molar-refractivity contribution in [3.63, 3.8) is 0 Å². The molecule has 1 aliphatic rings. The molecule has 0 unspecified atom stereocenters. The van der Waals surface area contributed by atoms with E-state index in [4.69, 9.17) is 4.74 Å². The van der Waals surface area contributed by atoms with E-state index < -0.39 is 0 Å². The van der Waals surface area contributed by atoms with Crippen LogP contribution >= 0.6 is 0 Å². The van der Waals surface area contributed by atoms with Gasteiger partial charge < -0.3 is 25.2 Å². The molecule has 1 amide bonds. The van der Waals surface area contributed by atoms with Gasteiger partial charge in [0.05, 0.1) is 0 Å². The summed E-state index contributed by atoms with van der Waals surface area (Å²) in [7, 11) is 3.49. The van der Waals surface area contributed by atoms with E-state index in [2.05, 4.69) is 44.6 Å². The Kier molecular flexibility index (Phi) is 9.70. The monoisotopic (exact) mass is 404 g/mol. The van der Waals surface area contributed by atoms with E-state index in [1.165, 1.54) is 5.56 Å². The molecule has 1 aromatic heterocycles. The number of aliphatic imine (C=N–C) groups is 1. The number of amides is 1. The van der Waals surface area contributed by atoms with Gasteiger partial charge in [0.2, 0.25) is 5.91 Å². The Bertz CT molecular complexity index is 639. The lowest BCUT2D eigenvalue weighted by Crippen LogP contribution is -2.49. The van der Waals surface area contributed by atoms with Crippen LogP contribution < -0.4 is 15.5 Å². The fourth-order valence-corrected chi connectivity index (χ4v) is 3.06. The zero-order valence-electron chi connectivity index (χ0n) is 18.3. The minimum absolute atomic E-state index is 0.0133. The van der Waals surface area contributed by atoms with Gasteiger partial charge in [-0.2, -0.15) is 0 Å². The van der Waals surface area contributed by atoms with Gasteiger partial charge >= 0.3 is 0 Å². The van der Waals surface area contributed by atoms with Crippen molar-refractivity contribution in [3.8, 4) is 0 Å². The van der Waals surface area contributed by atoms with E-state index in [0.29, 0.717) is 12.0 Å². The van der Waals surface area contributed by atoms with Crippen molar-refractivity contribution < 1.29 is 9.53 Å². The molecule has 2 heterocycles. The van der Waals surface area contributed by atoms with Gasteiger partial charge in [0, 0.05) is 59.2 Å². The molecule has 8 nitrogen and oxygen atoms in total. The second-order valence-electron chi connectivity index (χ2n) is 7.53. The molecule has 1 aromatic rings. The number of nitrogens with zero attached hydrogens (tertiary/aromatic N) is 4. The first-order valence-electron chi connectivity index (χ1n) is 10.5. The van der Waals surface area contributed by atoms with E-state index in [1.807, 2.05) is 13.1 Å². The topological polar surface area (TPSA) is 82.1 Å². The van der Waals surface area contributed by atoms with Crippen molar-refractivity contribution in [3.05, 3.63) is 23.9 Å². The highest BCUT2D eigenvalue weighted by Gasteiger charge is 2.21. The molecule has 29 heavy (non-hydrogen) atoms. The van der Waals surface area contributed by atoms with Crippen molar-refractivity contribution >= 4 is 17.7 Å². The Labute approximate surface area is 174 Å². The van der Waals surface area contributed by atoms with Gasteiger partial charge in [0.25, 0.3) is 0 Å². The summed E-state index contributed by atoms with van der Waals surface area (Å²) in [6.07, 6.45) is 4.81. The summed E-state index contributed by atoms with van der Waals surface area (Å²) < 4.78 is 5.38. The predicted octanol–water partition coefficient (Wildman–Crippen LogP) is 1.41. The fraction of sp³-hybridized carbons (Fsp3) is 0.667. The van der Waals surface area contributed by atoms with Gasteiger partial charge in [-0.25, -0.2) is 9.98 Å². The number of hydrogen-bond donors (Lipinski definition) is 2. The third-order valence-corrected chi connectivity index (χ3v) is 4.89. The number of piperidine rings is 1. The molecule has 2 N–H and O–H groups in total. The average Bonchev–Trinajstić information content (AvgIpc) is 2.72. The van der Waals surface area contributed by atoms with E-state index in [9.17, 15) is 4.79 Å². The van der Waals surface area contributed by atoms with Crippen LogP contribution in [-0.4, -0.2) is 81.3 Å². The molecule has 8 heteroatoms. The summed E-state index contributed by atoms with van der Waals surface area (Å²) in [6, 6.07) is 4.51. The first-order valence-corrected chi connectivity index (χ1v) is 10.5. The number of carbonyl (C=O) groups is 1. The van der Waals surface area contributed by atoms with Crippen LogP contribution in [0.4, 0.5) is 5.82 Å². The molecule has 162 valence electrons. The second kappa shape index (κ2) is 12.3. The van der Waals surface area contributed by atoms with Gasteiger partial charge in [0.1, 0.15) is 12.4 Å². The normalized spacial score (nSPS) is 15.3. The fourth-order valence-electron chi connectivity index (χ4n) is 3.06. The number of hydrogen-bond acceptors (Lipinski definition) is 5. The molecule has 1 fully saturated rings. The van der Waals surface area contributed by atoms with Crippen molar-refractivity contribution in [2.75, 3.05) is 58.4 Å². The zero-order valence-corrected chi connectivity index (χ0v) is 18.3. The van der Waals surface area contributed by atoms with Crippen LogP contribution in [0.2, 0.25) is 0 Å². The van der Waals surface area contributed by atoms with Crippen LogP contribution in [0.15, 0.2) is 23.3 Å². The molecule has 0 aromatic carbocycles. The van der Waals surface area contributed by atoms with Gasteiger partial charge in [-0.1, -0.05) is 6.07 Å². The van der Waals surface area contributed by atoms with Crippen molar-refractivity contribution in [1.29, 1.82) is 0 Å². The smallest absolute Gasteiger partial charge is 0.243 e. The molecule has 1 aliphatic heterocycles. The Morgan fingerprint density at radius 3 is 2.72 bits per heavy atom. The molecule has 0 radical (unpaired) electrons. The first-order chi connectivity index (χ1) is 14.0. The number of rotatable bonds is 9. The summed E-state index contributed by atoms with van der Waals surface area (Å²) >= 11 is 0. The predicted molar refractivity (Wildman–Crippen MR) is 117 cm³/mol. The lowest BCUT2D eigenvalue weighted by atomic mass is 10.1. The van der Waals surface area contributed by atoms with Gasteiger partial charge in [0.15, 0.2) is 5.96 Å². The lowest BCUT2D eigenvalue weighted by Gasteiger charge is -2.34. The van der Waals surface area contributed by atoms with Crippen LogP contribution in [0, 0.1) is 6.92 Å². The Morgan fingerprint density at radius 1 is 1.34 bits per heavy atom. The first kappa shape index (κ1) is 22.9.